The fraction of sp³-hybridized carbons (Fsp3) is 0.429. The Labute approximate surface area is 97.1 Å². The summed E-state index contributed by atoms with van der Waals surface area (Å²) in [4.78, 5) is 15.3. The largest absolute Gasteiger partial charge is 1.00 e. The molecule has 0 fully saturated rings. The van der Waals surface area contributed by atoms with Crippen LogP contribution >= 0.6 is 11.3 Å². The molecule has 0 saturated carbocycles. The van der Waals surface area contributed by atoms with Gasteiger partial charge in [-0.15, -0.1) is 11.3 Å². The average Bonchev–Trinajstić information content (AvgIpc) is 2.10. The summed E-state index contributed by atoms with van der Waals surface area (Å²) in [6, 6.07) is 0. The number of carboxylic acids is 1. The van der Waals surface area contributed by atoms with Crippen molar-refractivity contribution in [2.45, 2.75) is 20.3 Å². The normalized spacial score (nSPS) is 9.17. The van der Waals surface area contributed by atoms with Crippen LogP contribution < -0.4 is 34.7 Å². The average molecular weight is 193 g/mol. The molecule has 0 aromatic carbocycles. The number of rotatable bonds is 2. The molecule has 0 saturated heterocycles. The molecule has 1 aromatic rings. The topological polar surface area (TPSA) is 53.0 Å². The molecular weight excluding hydrogens is 185 g/mol. The molecule has 1 heterocycles. The van der Waals surface area contributed by atoms with Crippen LogP contribution in [0, 0.1) is 13.8 Å². The fourth-order valence-corrected chi connectivity index (χ4v) is 1.66. The zero-order valence-electron chi connectivity index (χ0n) is 7.38. The van der Waals surface area contributed by atoms with Crippen molar-refractivity contribution >= 4 is 17.3 Å². The summed E-state index contributed by atoms with van der Waals surface area (Å²) in [5, 5.41) is 10.8. The quantitative estimate of drug-likeness (QED) is 0.472. The monoisotopic (exact) mass is 193 g/mol. The second-order valence-corrected chi connectivity index (χ2v) is 3.59. The Morgan fingerprint density at radius 3 is 2.50 bits per heavy atom. The third kappa shape index (κ3) is 3.23. The van der Waals surface area contributed by atoms with Crippen molar-refractivity contribution in [2.24, 2.45) is 0 Å². The standard InChI is InChI=1S/C7H9NO2S.Na/c1-4-5(2)11-6(8-4)3-7(9)10;/h3H2,1-2H3,(H,9,10);/q;+1/p-1. The van der Waals surface area contributed by atoms with Gasteiger partial charge in [0.05, 0.1) is 10.7 Å². The maximum Gasteiger partial charge on any atom is 1.00 e. The van der Waals surface area contributed by atoms with Gasteiger partial charge in [-0.1, -0.05) is 0 Å². The molecule has 0 atom stereocenters. The number of hydrogen-bond acceptors (Lipinski definition) is 4. The molecular formula is C7H8NNaO2S. The van der Waals surface area contributed by atoms with Crippen molar-refractivity contribution in [3.63, 3.8) is 0 Å². The Kier molecular flexibility index (Phi) is 5.01. The minimum Gasteiger partial charge on any atom is -0.550 e. The smallest absolute Gasteiger partial charge is 0.550 e. The van der Waals surface area contributed by atoms with Crippen molar-refractivity contribution in [3.05, 3.63) is 15.6 Å². The number of thiazole rings is 1. The SMILES string of the molecule is Cc1nc(CC(=O)[O-])sc1C.[Na+]. The van der Waals surface area contributed by atoms with Crippen LogP contribution in [0.4, 0.5) is 0 Å². The van der Waals surface area contributed by atoms with E-state index in [1.807, 2.05) is 13.8 Å². The summed E-state index contributed by atoms with van der Waals surface area (Å²) in [6.07, 6.45) is -0.0701. The number of nitrogens with zero attached hydrogens (tertiary/aromatic N) is 1. The van der Waals surface area contributed by atoms with Gasteiger partial charge < -0.3 is 9.90 Å². The van der Waals surface area contributed by atoms with Crippen LogP contribution in [0.25, 0.3) is 0 Å². The number of aliphatic carboxylic acids is 1. The Balaban J connectivity index is 0.00000121. The van der Waals surface area contributed by atoms with Gasteiger partial charge in [-0.05, 0) is 13.8 Å². The Hall–Kier alpha value is 0.100. The summed E-state index contributed by atoms with van der Waals surface area (Å²) >= 11 is 1.41. The molecule has 0 amide bonds. The van der Waals surface area contributed by atoms with Crippen LogP contribution in [-0.4, -0.2) is 11.0 Å². The van der Waals surface area contributed by atoms with E-state index in [-0.39, 0.29) is 36.0 Å². The van der Waals surface area contributed by atoms with E-state index in [0.717, 1.165) is 10.6 Å². The minimum absolute atomic E-state index is 0. The molecule has 0 spiro atoms. The van der Waals surface area contributed by atoms with Crippen molar-refractivity contribution in [3.8, 4) is 0 Å². The van der Waals surface area contributed by atoms with Crippen LogP contribution in [0.2, 0.25) is 0 Å². The van der Waals surface area contributed by atoms with E-state index in [4.69, 9.17) is 0 Å². The molecule has 3 nitrogen and oxygen atoms in total. The summed E-state index contributed by atoms with van der Waals surface area (Å²) in [7, 11) is 0. The summed E-state index contributed by atoms with van der Waals surface area (Å²) in [6.45, 7) is 3.79. The van der Waals surface area contributed by atoms with Gasteiger partial charge in [0.2, 0.25) is 0 Å². The first kappa shape index (κ1) is 12.1. The van der Waals surface area contributed by atoms with Gasteiger partial charge in [-0.2, -0.15) is 0 Å². The molecule has 5 heteroatoms. The van der Waals surface area contributed by atoms with Crippen LogP contribution in [0.15, 0.2) is 0 Å². The number of carbonyl (C=O) groups excluding carboxylic acids is 1. The molecule has 0 aliphatic heterocycles. The predicted octanol–water partition coefficient (Wildman–Crippen LogP) is -2.94. The van der Waals surface area contributed by atoms with E-state index < -0.39 is 5.97 Å². The van der Waals surface area contributed by atoms with Crippen LogP contribution in [-0.2, 0) is 11.2 Å². The molecule has 0 unspecified atom stereocenters. The van der Waals surface area contributed by atoms with Gasteiger partial charge in [0.25, 0.3) is 0 Å². The third-order valence-electron chi connectivity index (χ3n) is 1.37. The molecule has 0 aliphatic rings. The van der Waals surface area contributed by atoms with E-state index in [0.29, 0.717) is 5.01 Å². The van der Waals surface area contributed by atoms with Crippen molar-refractivity contribution in [1.29, 1.82) is 0 Å². The van der Waals surface area contributed by atoms with Gasteiger partial charge in [0, 0.05) is 17.3 Å². The van der Waals surface area contributed by atoms with Gasteiger partial charge in [-0.25, -0.2) is 4.98 Å². The number of hydrogen-bond donors (Lipinski definition) is 0. The van der Waals surface area contributed by atoms with E-state index in [1.54, 1.807) is 0 Å². The number of carboxylic acid groups (broad SMARTS) is 1. The van der Waals surface area contributed by atoms with E-state index in [2.05, 4.69) is 4.98 Å². The molecule has 0 aliphatic carbocycles. The maximum absolute atomic E-state index is 10.1. The van der Waals surface area contributed by atoms with Gasteiger partial charge in [0.1, 0.15) is 0 Å². The molecule has 0 bridgehead atoms. The summed E-state index contributed by atoms with van der Waals surface area (Å²) in [5.74, 6) is -1.07. The predicted molar refractivity (Wildman–Crippen MR) is 40.3 cm³/mol. The van der Waals surface area contributed by atoms with Gasteiger partial charge >= 0.3 is 29.6 Å². The zero-order chi connectivity index (χ0) is 8.43. The number of aryl methyl sites for hydroxylation is 2. The third-order valence-corrected chi connectivity index (χ3v) is 2.44. The number of carbonyl (C=O) groups is 1. The van der Waals surface area contributed by atoms with E-state index >= 15 is 0 Å². The Morgan fingerprint density at radius 2 is 2.17 bits per heavy atom. The summed E-state index contributed by atoms with van der Waals surface area (Å²) < 4.78 is 0. The van der Waals surface area contributed by atoms with Crippen molar-refractivity contribution < 1.29 is 39.5 Å². The zero-order valence-corrected chi connectivity index (χ0v) is 10.2. The molecule has 1 rings (SSSR count). The Morgan fingerprint density at radius 1 is 1.58 bits per heavy atom. The van der Waals surface area contributed by atoms with Crippen molar-refractivity contribution in [1.82, 2.24) is 4.98 Å². The molecule has 12 heavy (non-hydrogen) atoms. The van der Waals surface area contributed by atoms with E-state index in [1.165, 1.54) is 11.3 Å². The number of aromatic nitrogens is 1. The van der Waals surface area contributed by atoms with Crippen LogP contribution in [0.5, 0.6) is 0 Å². The molecule has 0 radical (unpaired) electrons. The first-order chi connectivity index (χ1) is 5.09. The molecule has 60 valence electrons. The van der Waals surface area contributed by atoms with Gasteiger partial charge in [0.15, 0.2) is 0 Å². The van der Waals surface area contributed by atoms with Crippen LogP contribution in [0.1, 0.15) is 15.6 Å². The second-order valence-electron chi connectivity index (χ2n) is 2.30. The molecule has 0 N–H and O–H groups in total. The summed E-state index contributed by atoms with van der Waals surface area (Å²) in [5.41, 5.74) is 0.909. The second kappa shape index (κ2) is 4.97. The van der Waals surface area contributed by atoms with Crippen LogP contribution in [0.3, 0.4) is 0 Å². The van der Waals surface area contributed by atoms with E-state index in [9.17, 15) is 9.90 Å². The first-order valence-corrected chi connectivity index (χ1v) is 4.04. The van der Waals surface area contributed by atoms with Crippen molar-refractivity contribution in [2.75, 3.05) is 0 Å². The maximum atomic E-state index is 10.1. The fourth-order valence-electron chi connectivity index (χ4n) is 0.738. The molecule has 1 aromatic heterocycles. The Bertz CT molecular complexity index is 265. The van der Waals surface area contributed by atoms with Gasteiger partial charge in [-0.3, -0.25) is 0 Å². The first-order valence-electron chi connectivity index (χ1n) is 3.22. The minimum atomic E-state index is -1.07.